The maximum atomic E-state index is 10.8. The molecule has 0 aliphatic heterocycles. The van der Waals surface area contributed by atoms with Crippen molar-refractivity contribution < 1.29 is 0 Å². The summed E-state index contributed by atoms with van der Waals surface area (Å²) in [5, 5.41) is 12.7. The lowest BCUT2D eigenvalue weighted by Crippen LogP contribution is -2.03. The fourth-order valence-corrected chi connectivity index (χ4v) is 8.13. The van der Waals surface area contributed by atoms with Crippen LogP contribution in [0, 0.1) is 25.2 Å². The molecule has 7 aromatic carbocycles. The van der Waals surface area contributed by atoms with Crippen LogP contribution < -0.4 is 0 Å². The summed E-state index contributed by atoms with van der Waals surface area (Å²) in [4.78, 5) is 43.9. The molecule has 0 bridgehead atoms. The summed E-state index contributed by atoms with van der Waals surface area (Å²) in [5.74, 6) is 4.98. The fraction of sp³-hybridized carbons (Fsp3) is 0.0370. The van der Waals surface area contributed by atoms with Gasteiger partial charge < -0.3 is 4.57 Å². The van der Waals surface area contributed by atoms with Crippen molar-refractivity contribution in [2.45, 2.75) is 13.8 Å². The number of nitrogens with zero attached hydrogens (tertiary/aromatic N) is 11. The highest BCUT2D eigenvalue weighted by Crippen LogP contribution is 2.39. The average Bonchev–Trinajstić information content (AvgIpc) is 3.69. The van der Waals surface area contributed by atoms with E-state index in [1.54, 1.807) is 0 Å². The number of hydrogen-bond acceptors (Lipinski definition) is 10. The number of hydrogen-bond donors (Lipinski definition) is 0. The maximum Gasteiger partial charge on any atom is 0.164 e. The quantitative estimate of drug-likeness (QED) is 0.145. The monoisotopic (exact) mass is 837 g/mol. The molecule has 0 atom stereocenters. The second kappa shape index (κ2) is 16.3. The predicted octanol–water partition coefficient (Wildman–Crippen LogP) is 11.5. The molecule has 0 aliphatic rings. The van der Waals surface area contributed by atoms with Crippen LogP contribution in [-0.4, -0.2) is 49.4 Å². The molecule has 4 aromatic heterocycles. The van der Waals surface area contributed by atoms with E-state index in [0.717, 1.165) is 60.8 Å². The zero-order chi connectivity index (χ0) is 43.9. The van der Waals surface area contributed by atoms with Crippen LogP contribution in [0.5, 0.6) is 0 Å². The molecule has 0 amide bonds. The van der Waals surface area contributed by atoms with Gasteiger partial charge in [-0.25, -0.2) is 44.9 Å². The SMILES string of the molecule is Cc1nc(C)nc(-c2ccc(C#N)c(-n3c4cc(-c5nc(-c6ccccc6)nc(-c6ccccc6)n5)ccc4c4ccc(-c5nc(-c6ccccc6)nc(-c6ccccc6)n5)cc43)c2)n1. The van der Waals surface area contributed by atoms with Gasteiger partial charge in [-0.2, -0.15) is 5.26 Å². The molecule has 11 aromatic rings. The Morgan fingerprint density at radius 3 is 1.03 bits per heavy atom. The third-order valence-electron chi connectivity index (χ3n) is 11.2. The number of aromatic nitrogens is 10. The molecule has 11 nitrogen and oxygen atoms in total. The Balaban J connectivity index is 1.17. The summed E-state index contributed by atoms with van der Waals surface area (Å²) in [7, 11) is 0. The Morgan fingerprint density at radius 2 is 0.662 bits per heavy atom. The van der Waals surface area contributed by atoms with Crippen LogP contribution >= 0.6 is 0 Å². The van der Waals surface area contributed by atoms with Gasteiger partial charge in [0.1, 0.15) is 17.7 Å². The first-order chi connectivity index (χ1) is 32.0. The van der Waals surface area contributed by atoms with Gasteiger partial charge >= 0.3 is 0 Å². The minimum Gasteiger partial charge on any atom is -0.308 e. The summed E-state index contributed by atoms with van der Waals surface area (Å²) in [6, 6.07) is 60.2. The van der Waals surface area contributed by atoms with Crippen LogP contribution in [0.25, 0.3) is 107 Å². The van der Waals surface area contributed by atoms with Gasteiger partial charge in [0.2, 0.25) is 0 Å². The summed E-state index contributed by atoms with van der Waals surface area (Å²) >= 11 is 0. The summed E-state index contributed by atoms with van der Waals surface area (Å²) < 4.78 is 2.12. The molecule has 306 valence electrons. The van der Waals surface area contributed by atoms with Crippen molar-refractivity contribution in [3.63, 3.8) is 0 Å². The molecule has 0 spiro atoms. The first-order valence-electron chi connectivity index (χ1n) is 21.0. The van der Waals surface area contributed by atoms with Crippen LogP contribution in [-0.2, 0) is 0 Å². The number of fused-ring (bicyclic) bond motifs is 3. The van der Waals surface area contributed by atoms with Crippen molar-refractivity contribution >= 4 is 21.8 Å². The molecule has 0 radical (unpaired) electrons. The van der Waals surface area contributed by atoms with Crippen LogP contribution in [0.2, 0.25) is 0 Å². The lowest BCUT2D eigenvalue weighted by atomic mass is 10.1. The lowest BCUT2D eigenvalue weighted by Gasteiger charge is -2.14. The zero-order valence-corrected chi connectivity index (χ0v) is 35.2. The smallest absolute Gasteiger partial charge is 0.164 e. The Kier molecular flexibility index (Phi) is 9.71. The van der Waals surface area contributed by atoms with E-state index in [1.165, 1.54) is 0 Å². The molecular weight excluding hydrogens is 803 g/mol. The van der Waals surface area contributed by atoms with Crippen molar-refractivity contribution in [2.75, 3.05) is 0 Å². The van der Waals surface area contributed by atoms with Crippen LogP contribution in [0.3, 0.4) is 0 Å². The van der Waals surface area contributed by atoms with E-state index in [2.05, 4.69) is 49.9 Å². The summed E-state index contributed by atoms with van der Waals surface area (Å²) in [6.45, 7) is 3.69. The number of rotatable bonds is 8. The van der Waals surface area contributed by atoms with E-state index in [9.17, 15) is 5.26 Å². The lowest BCUT2D eigenvalue weighted by molar-refractivity contribution is 0.928. The first kappa shape index (κ1) is 38.8. The van der Waals surface area contributed by atoms with Gasteiger partial charge in [0.05, 0.1) is 22.3 Å². The Hall–Kier alpha value is -9.14. The van der Waals surface area contributed by atoms with E-state index in [0.29, 0.717) is 63.7 Å². The molecule has 0 unspecified atom stereocenters. The van der Waals surface area contributed by atoms with Gasteiger partial charge in [-0.15, -0.1) is 0 Å². The Morgan fingerprint density at radius 1 is 0.338 bits per heavy atom. The van der Waals surface area contributed by atoms with Crippen LogP contribution in [0.4, 0.5) is 0 Å². The van der Waals surface area contributed by atoms with E-state index in [4.69, 9.17) is 29.9 Å². The van der Waals surface area contributed by atoms with Gasteiger partial charge in [0.25, 0.3) is 0 Å². The normalized spacial score (nSPS) is 11.2. The second-order valence-corrected chi connectivity index (χ2v) is 15.5. The van der Waals surface area contributed by atoms with Crippen molar-refractivity contribution in [1.82, 2.24) is 49.4 Å². The summed E-state index contributed by atoms with van der Waals surface area (Å²) in [6.07, 6.45) is 0. The van der Waals surface area contributed by atoms with Crippen molar-refractivity contribution in [2.24, 2.45) is 0 Å². The molecule has 0 saturated heterocycles. The first-order valence-corrected chi connectivity index (χ1v) is 21.0. The molecule has 11 heteroatoms. The summed E-state index contributed by atoms with van der Waals surface area (Å²) in [5.41, 5.74) is 8.55. The number of aryl methyl sites for hydroxylation is 2. The van der Waals surface area contributed by atoms with E-state index < -0.39 is 0 Å². The zero-order valence-electron chi connectivity index (χ0n) is 35.2. The van der Waals surface area contributed by atoms with Crippen molar-refractivity contribution in [3.05, 3.63) is 193 Å². The van der Waals surface area contributed by atoms with E-state index in [-0.39, 0.29) is 0 Å². The van der Waals surface area contributed by atoms with Gasteiger partial charge in [0.15, 0.2) is 40.8 Å². The molecule has 11 rings (SSSR count). The molecule has 0 fully saturated rings. The number of benzene rings is 7. The van der Waals surface area contributed by atoms with Gasteiger partial charge in [-0.05, 0) is 44.2 Å². The van der Waals surface area contributed by atoms with Crippen molar-refractivity contribution in [1.29, 1.82) is 5.26 Å². The standard InChI is InChI=1S/C54H35N11/c1-33-56-34(2)58-52(57-33)39-23-24-42(32-55)45(29-39)65-46-30-40(53-61-48(35-15-7-3-8-16-35)59-49(62-53)36-17-9-4-10-18-36)25-27-43(46)44-28-26-41(31-47(44)65)54-63-50(37-19-11-5-12-20-37)60-51(64-54)38-21-13-6-14-22-38/h3-31H,1-2H3. The minimum absolute atomic E-state index is 0.460. The highest BCUT2D eigenvalue weighted by molar-refractivity contribution is 6.11. The van der Waals surface area contributed by atoms with Gasteiger partial charge in [0, 0.05) is 49.7 Å². The molecule has 4 heterocycles. The second-order valence-electron chi connectivity index (χ2n) is 15.5. The predicted molar refractivity (Wildman–Crippen MR) is 253 cm³/mol. The Labute approximate surface area is 373 Å². The van der Waals surface area contributed by atoms with Crippen LogP contribution in [0.15, 0.2) is 176 Å². The fourth-order valence-electron chi connectivity index (χ4n) is 8.13. The van der Waals surface area contributed by atoms with E-state index >= 15 is 0 Å². The van der Waals surface area contributed by atoms with Crippen molar-refractivity contribution in [3.8, 4) is 91.5 Å². The maximum absolute atomic E-state index is 10.8. The minimum atomic E-state index is 0.460. The molecule has 65 heavy (non-hydrogen) atoms. The Bertz CT molecular complexity index is 3310. The largest absolute Gasteiger partial charge is 0.308 e. The van der Waals surface area contributed by atoms with Gasteiger partial charge in [-0.1, -0.05) is 146 Å². The number of nitriles is 1. The topological polar surface area (TPSA) is 145 Å². The molecule has 0 aliphatic carbocycles. The third-order valence-corrected chi connectivity index (χ3v) is 11.2. The average molecular weight is 838 g/mol. The van der Waals surface area contributed by atoms with Gasteiger partial charge in [-0.3, -0.25) is 0 Å². The highest BCUT2D eigenvalue weighted by Gasteiger charge is 2.21. The highest BCUT2D eigenvalue weighted by atomic mass is 15.1. The third kappa shape index (κ3) is 7.41. The molecule has 0 N–H and O–H groups in total. The molecule has 0 saturated carbocycles. The van der Waals surface area contributed by atoms with Crippen LogP contribution in [0.1, 0.15) is 17.2 Å². The molecular formula is C54H35N11. The van der Waals surface area contributed by atoms with E-state index in [1.807, 2.05) is 166 Å².